The van der Waals surface area contributed by atoms with Crippen LogP contribution in [0.1, 0.15) is 41.2 Å². The SMILES string of the molecule is Cc1ccc(C)c(O[C@H]2c3cc(Cl)cc(Cl)c3C[C@@H]2N2CCC[C@@H](N)C2)c1. The van der Waals surface area contributed by atoms with Gasteiger partial charge in [0.1, 0.15) is 11.9 Å². The monoisotopic (exact) mass is 404 g/mol. The number of nitrogens with zero attached hydrogens (tertiary/aromatic N) is 1. The van der Waals surface area contributed by atoms with Gasteiger partial charge in [-0.15, -0.1) is 0 Å². The zero-order valence-corrected chi connectivity index (χ0v) is 17.4. The molecule has 2 N–H and O–H groups in total. The predicted octanol–water partition coefficient (Wildman–Crippen LogP) is 5.08. The molecule has 3 nitrogen and oxygen atoms in total. The lowest BCUT2D eigenvalue weighted by Gasteiger charge is -2.38. The number of fused-ring (bicyclic) bond motifs is 1. The van der Waals surface area contributed by atoms with Crippen LogP contribution < -0.4 is 10.5 Å². The topological polar surface area (TPSA) is 38.5 Å². The Balaban J connectivity index is 1.72. The number of aryl methyl sites for hydroxylation is 2. The van der Waals surface area contributed by atoms with E-state index >= 15 is 0 Å². The summed E-state index contributed by atoms with van der Waals surface area (Å²) >= 11 is 12.9. The van der Waals surface area contributed by atoms with Crippen LogP contribution in [0.2, 0.25) is 10.0 Å². The van der Waals surface area contributed by atoms with E-state index in [2.05, 4.69) is 36.9 Å². The van der Waals surface area contributed by atoms with E-state index in [1.807, 2.05) is 12.1 Å². The summed E-state index contributed by atoms with van der Waals surface area (Å²) < 4.78 is 6.62. The molecule has 0 bridgehead atoms. The molecular formula is C22H26Cl2N2O. The summed E-state index contributed by atoms with van der Waals surface area (Å²) in [6.07, 6.45) is 2.99. The first-order valence-corrected chi connectivity index (χ1v) is 10.4. The fraction of sp³-hybridized carbons (Fsp3) is 0.455. The third-order valence-corrected chi connectivity index (χ3v) is 6.38. The van der Waals surface area contributed by atoms with Crippen LogP contribution in [0.3, 0.4) is 0 Å². The molecule has 0 aromatic heterocycles. The van der Waals surface area contributed by atoms with Gasteiger partial charge < -0.3 is 10.5 Å². The first-order valence-electron chi connectivity index (χ1n) is 9.63. The summed E-state index contributed by atoms with van der Waals surface area (Å²) in [6, 6.07) is 10.6. The van der Waals surface area contributed by atoms with Crippen molar-refractivity contribution in [2.24, 2.45) is 5.73 Å². The zero-order valence-electron chi connectivity index (χ0n) is 15.8. The molecule has 1 heterocycles. The zero-order chi connectivity index (χ0) is 19.1. The van der Waals surface area contributed by atoms with Crippen LogP contribution in [0.25, 0.3) is 0 Å². The van der Waals surface area contributed by atoms with E-state index in [-0.39, 0.29) is 18.2 Å². The summed E-state index contributed by atoms with van der Waals surface area (Å²) in [5, 5.41) is 1.39. The van der Waals surface area contributed by atoms with Crippen molar-refractivity contribution < 1.29 is 4.74 Å². The van der Waals surface area contributed by atoms with Crippen LogP contribution >= 0.6 is 23.2 Å². The van der Waals surface area contributed by atoms with E-state index in [4.69, 9.17) is 33.7 Å². The Morgan fingerprint density at radius 3 is 2.74 bits per heavy atom. The Morgan fingerprint density at radius 2 is 1.96 bits per heavy atom. The molecule has 0 saturated carbocycles. The molecule has 27 heavy (non-hydrogen) atoms. The summed E-state index contributed by atoms with van der Waals surface area (Å²) in [7, 11) is 0. The van der Waals surface area contributed by atoms with Crippen LogP contribution in [0.5, 0.6) is 5.75 Å². The van der Waals surface area contributed by atoms with Gasteiger partial charge in [-0.05, 0) is 74.5 Å². The molecule has 4 rings (SSSR count). The lowest BCUT2D eigenvalue weighted by Crippen LogP contribution is -2.49. The number of rotatable bonds is 3. The molecule has 0 spiro atoms. The van der Waals surface area contributed by atoms with Crippen LogP contribution in [0.15, 0.2) is 30.3 Å². The van der Waals surface area contributed by atoms with Gasteiger partial charge in [-0.3, -0.25) is 4.90 Å². The van der Waals surface area contributed by atoms with Crippen molar-refractivity contribution >= 4 is 23.2 Å². The number of piperidine rings is 1. The van der Waals surface area contributed by atoms with Crippen molar-refractivity contribution in [1.29, 1.82) is 0 Å². The van der Waals surface area contributed by atoms with E-state index in [1.165, 1.54) is 5.56 Å². The Morgan fingerprint density at radius 1 is 1.15 bits per heavy atom. The highest BCUT2D eigenvalue weighted by Gasteiger charge is 2.40. The van der Waals surface area contributed by atoms with Gasteiger partial charge in [0.05, 0.1) is 6.04 Å². The van der Waals surface area contributed by atoms with Crippen molar-refractivity contribution in [1.82, 2.24) is 4.90 Å². The molecular weight excluding hydrogens is 379 g/mol. The second kappa shape index (κ2) is 7.63. The maximum absolute atomic E-state index is 6.62. The van der Waals surface area contributed by atoms with Crippen LogP contribution in [0.4, 0.5) is 0 Å². The van der Waals surface area contributed by atoms with Gasteiger partial charge >= 0.3 is 0 Å². The van der Waals surface area contributed by atoms with Crippen LogP contribution in [0, 0.1) is 13.8 Å². The lowest BCUT2D eigenvalue weighted by molar-refractivity contribution is 0.0589. The molecule has 3 atom stereocenters. The van der Waals surface area contributed by atoms with Gasteiger partial charge in [-0.2, -0.15) is 0 Å². The lowest BCUT2D eigenvalue weighted by atomic mass is 10.0. The fourth-order valence-corrected chi connectivity index (χ4v) is 4.98. The standard InChI is InChI=1S/C22H26Cl2N2O/c1-13-5-6-14(2)21(8-13)27-22-18-9-15(23)10-19(24)17(18)11-20(22)26-7-3-4-16(25)12-26/h5-6,8-10,16,20,22H,3-4,7,11-12,25H2,1-2H3/t16-,20+,22+/m1/s1. The molecule has 0 unspecified atom stereocenters. The van der Waals surface area contributed by atoms with Crippen molar-refractivity contribution in [2.75, 3.05) is 13.1 Å². The number of benzene rings is 2. The van der Waals surface area contributed by atoms with E-state index in [1.54, 1.807) is 0 Å². The number of nitrogens with two attached hydrogens (primary N) is 1. The molecule has 1 fully saturated rings. The van der Waals surface area contributed by atoms with Gasteiger partial charge in [0.15, 0.2) is 0 Å². The van der Waals surface area contributed by atoms with Crippen molar-refractivity contribution in [3.63, 3.8) is 0 Å². The highest BCUT2D eigenvalue weighted by Crippen LogP contribution is 2.43. The number of hydrogen-bond acceptors (Lipinski definition) is 3. The molecule has 2 aromatic carbocycles. The number of ether oxygens (including phenoxy) is 1. The van der Waals surface area contributed by atoms with E-state index in [0.29, 0.717) is 5.02 Å². The van der Waals surface area contributed by atoms with Gasteiger partial charge in [0.25, 0.3) is 0 Å². The molecule has 2 aromatic rings. The minimum atomic E-state index is -0.0954. The van der Waals surface area contributed by atoms with Gasteiger partial charge in [0.2, 0.25) is 0 Å². The Kier molecular flexibility index (Phi) is 5.39. The molecule has 0 radical (unpaired) electrons. The Bertz CT molecular complexity index is 854. The van der Waals surface area contributed by atoms with Gasteiger partial charge in [0, 0.05) is 28.2 Å². The minimum absolute atomic E-state index is 0.0954. The maximum atomic E-state index is 6.62. The van der Waals surface area contributed by atoms with E-state index < -0.39 is 0 Å². The molecule has 1 aliphatic heterocycles. The summed E-state index contributed by atoms with van der Waals surface area (Å²) in [4.78, 5) is 2.48. The van der Waals surface area contributed by atoms with Crippen LogP contribution in [-0.2, 0) is 6.42 Å². The maximum Gasteiger partial charge on any atom is 0.140 e. The first kappa shape index (κ1) is 19.1. The van der Waals surface area contributed by atoms with E-state index in [9.17, 15) is 0 Å². The summed E-state index contributed by atoms with van der Waals surface area (Å²) in [6.45, 7) is 6.12. The minimum Gasteiger partial charge on any atom is -0.484 e. The second-order valence-electron chi connectivity index (χ2n) is 7.93. The smallest absolute Gasteiger partial charge is 0.140 e. The summed E-state index contributed by atoms with van der Waals surface area (Å²) in [5.74, 6) is 0.926. The van der Waals surface area contributed by atoms with Crippen LogP contribution in [-0.4, -0.2) is 30.1 Å². The van der Waals surface area contributed by atoms with Gasteiger partial charge in [-0.25, -0.2) is 0 Å². The molecule has 0 amide bonds. The highest BCUT2D eigenvalue weighted by molar-refractivity contribution is 6.35. The summed E-state index contributed by atoms with van der Waals surface area (Å²) in [5.41, 5.74) is 10.9. The van der Waals surface area contributed by atoms with Crippen molar-refractivity contribution in [3.8, 4) is 5.75 Å². The molecule has 1 saturated heterocycles. The fourth-order valence-electron chi connectivity index (χ4n) is 4.39. The first-order chi connectivity index (χ1) is 12.9. The molecule has 1 aliphatic carbocycles. The quantitative estimate of drug-likeness (QED) is 0.774. The van der Waals surface area contributed by atoms with Crippen molar-refractivity contribution in [3.05, 3.63) is 62.6 Å². The van der Waals surface area contributed by atoms with Gasteiger partial charge in [-0.1, -0.05) is 35.3 Å². The molecule has 144 valence electrons. The largest absolute Gasteiger partial charge is 0.484 e. The Labute approximate surface area is 171 Å². The average molecular weight is 405 g/mol. The normalized spacial score (nSPS) is 25.4. The number of hydrogen-bond donors (Lipinski definition) is 1. The average Bonchev–Trinajstić information content (AvgIpc) is 2.97. The second-order valence-corrected chi connectivity index (χ2v) is 8.78. The molecule has 2 aliphatic rings. The number of likely N-dealkylation sites (tertiary alicyclic amines) is 1. The predicted molar refractivity (Wildman–Crippen MR) is 112 cm³/mol. The third-order valence-electron chi connectivity index (χ3n) is 5.82. The van der Waals surface area contributed by atoms with E-state index in [0.717, 1.165) is 59.8 Å². The Hall–Kier alpha value is -1.26. The third kappa shape index (κ3) is 3.84. The van der Waals surface area contributed by atoms with Crippen molar-refractivity contribution in [2.45, 2.75) is 51.3 Å². The number of halogens is 2. The highest BCUT2D eigenvalue weighted by atomic mass is 35.5. The molecule has 5 heteroatoms.